The molecular formula is C41H56O5. The summed E-state index contributed by atoms with van der Waals surface area (Å²) in [6.07, 6.45) is 29.8. The number of allylic oxidation sites excluding steroid dienone is 17. The van der Waals surface area contributed by atoms with E-state index in [1.807, 2.05) is 43.4 Å². The van der Waals surface area contributed by atoms with Crippen LogP contribution in [0.2, 0.25) is 0 Å². The molecule has 2 rings (SSSR count). The Morgan fingerprint density at radius 3 is 1.91 bits per heavy atom. The van der Waals surface area contributed by atoms with E-state index in [0.717, 1.165) is 29.6 Å². The standard InChI is InChI=1S/C41H56O5/c1-30(2)16-14-19-31(3)17-12-13-18-32(4)20-15-21-33(5)24-25-36-34(6)40(44)37(28-41(36,7)8)46-39(43)27-26-38(42)45-29-35-22-10-9-11-23-35/h12-21,24-25,35,37H,9-11,22-23,26-29H2,1-8H3/b13-12+,19-14+,20-15+,25-24+,31-17+,32-18+,33-21+. The molecule has 0 aromatic rings. The van der Waals surface area contributed by atoms with Gasteiger partial charge in [-0.25, -0.2) is 0 Å². The second-order valence-corrected chi connectivity index (χ2v) is 13.6. The van der Waals surface area contributed by atoms with Crippen molar-refractivity contribution in [3.63, 3.8) is 0 Å². The van der Waals surface area contributed by atoms with Crippen molar-refractivity contribution in [2.75, 3.05) is 6.61 Å². The third kappa shape index (κ3) is 14.6. The number of carbonyl (C=O) groups is 3. The molecule has 5 heteroatoms. The lowest BCUT2D eigenvalue weighted by molar-refractivity contribution is -0.158. The van der Waals surface area contributed by atoms with Gasteiger partial charge in [-0.05, 0) is 76.9 Å². The molecule has 0 radical (unpaired) electrons. The summed E-state index contributed by atoms with van der Waals surface area (Å²) in [7, 11) is 0. The normalized spacial score (nSPS) is 20.4. The molecule has 0 N–H and O–H groups in total. The highest BCUT2D eigenvalue weighted by Gasteiger charge is 2.39. The smallest absolute Gasteiger partial charge is 0.307 e. The zero-order chi connectivity index (χ0) is 34.1. The molecule has 0 heterocycles. The van der Waals surface area contributed by atoms with E-state index in [-0.39, 0.29) is 30.0 Å². The van der Waals surface area contributed by atoms with E-state index in [4.69, 9.17) is 9.47 Å². The second-order valence-electron chi connectivity index (χ2n) is 13.6. The highest BCUT2D eigenvalue weighted by Crippen LogP contribution is 2.41. The maximum absolute atomic E-state index is 13.2. The Morgan fingerprint density at radius 1 is 0.761 bits per heavy atom. The van der Waals surface area contributed by atoms with E-state index < -0.39 is 12.1 Å². The van der Waals surface area contributed by atoms with Gasteiger partial charge in [0.25, 0.3) is 0 Å². The fraction of sp³-hybridized carbons (Fsp3) is 0.488. The van der Waals surface area contributed by atoms with Crippen molar-refractivity contribution in [2.45, 2.75) is 113 Å². The number of esters is 2. The van der Waals surface area contributed by atoms with Gasteiger partial charge in [0.2, 0.25) is 0 Å². The van der Waals surface area contributed by atoms with Gasteiger partial charge in [-0.1, -0.05) is 128 Å². The summed E-state index contributed by atoms with van der Waals surface area (Å²) in [5.41, 5.74) is 5.81. The molecule has 1 unspecified atom stereocenters. The van der Waals surface area contributed by atoms with Gasteiger partial charge >= 0.3 is 11.9 Å². The molecule has 1 atom stereocenters. The third-order valence-electron chi connectivity index (χ3n) is 8.35. The van der Waals surface area contributed by atoms with E-state index in [0.29, 0.717) is 24.5 Å². The molecule has 0 aromatic heterocycles. The predicted molar refractivity (Wildman–Crippen MR) is 190 cm³/mol. The van der Waals surface area contributed by atoms with E-state index in [2.05, 4.69) is 78.0 Å². The molecule has 2 aliphatic rings. The van der Waals surface area contributed by atoms with Crippen LogP contribution in [0.15, 0.2) is 106 Å². The summed E-state index contributed by atoms with van der Waals surface area (Å²) in [4.78, 5) is 37.9. The molecule has 0 spiro atoms. The van der Waals surface area contributed by atoms with Crippen molar-refractivity contribution in [3.8, 4) is 0 Å². The predicted octanol–water partition coefficient (Wildman–Crippen LogP) is 10.1. The monoisotopic (exact) mass is 628 g/mol. The Morgan fingerprint density at radius 2 is 1.30 bits per heavy atom. The summed E-state index contributed by atoms with van der Waals surface area (Å²) in [6.45, 7) is 16.7. The van der Waals surface area contributed by atoms with Crippen LogP contribution in [0.3, 0.4) is 0 Å². The van der Waals surface area contributed by atoms with E-state index in [1.54, 1.807) is 6.92 Å². The number of hydrogen-bond acceptors (Lipinski definition) is 5. The minimum absolute atomic E-state index is 0.0310. The highest BCUT2D eigenvalue weighted by molar-refractivity contribution is 6.01. The second kappa shape index (κ2) is 19.7. The Hall–Kier alpha value is -3.73. The van der Waals surface area contributed by atoms with Crippen molar-refractivity contribution >= 4 is 17.7 Å². The quantitative estimate of drug-likeness (QED) is 0.141. The number of carbonyl (C=O) groups excluding carboxylic acids is 3. The zero-order valence-corrected chi connectivity index (χ0v) is 29.5. The molecule has 0 aromatic carbocycles. The van der Waals surface area contributed by atoms with Gasteiger partial charge in [-0.3, -0.25) is 14.4 Å². The third-order valence-corrected chi connectivity index (χ3v) is 8.35. The average Bonchev–Trinajstić information content (AvgIpc) is 3.00. The topological polar surface area (TPSA) is 69.7 Å². The van der Waals surface area contributed by atoms with Crippen LogP contribution in [0.25, 0.3) is 0 Å². The van der Waals surface area contributed by atoms with Crippen molar-refractivity contribution < 1.29 is 23.9 Å². The molecule has 46 heavy (non-hydrogen) atoms. The molecule has 1 saturated carbocycles. The van der Waals surface area contributed by atoms with Crippen LogP contribution in [0.1, 0.15) is 107 Å². The Labute approximate surface area is 278 Å². The van der Waals surface area contributed by atoms with Gasteiger partial charge in [-0.2, -0.15) is 0 Å². The van der Waals surface area contributed by atoms with Gasteiger partial charge in [0.1, 0.15) is 0 Å². The van der Waals surface area contributed by atoms with E-state index in [1.165, 1.54) is 30.4 Å². The van der Waals surface area contributed by atoms with E-state index in [9.17, 15) is 14.4 Å². The molecule has 2 aliphatic carbocycles. The summed E-state index contributed by atoms with van der Waals surface area (Å²) in [5, 5.41) is 0. The van der Waals surface area contributed by atoms with Crippen LogP contribution in [-0.2, 0) is 23.9 Å². The van der Waals surface area contributed by atoms with Crippen molar-refractivity contribution in [3.05, 3.63) is 106 Å². The van der Waals surface area contributed by atoms with Crippen LogP contribution in [-0.4, -0.2) is 30.4 Å². The highest BCUT2D eigenvalue weighted by atomic mass is 16.5. The summed E-state index contributed by atoms with van der Waals surface area (Å²) in [6, 6.07) is 0. The Bertz CT molecular complexity index is 1340. The number of hydrogen-bond donors (Lipinski definition) is 0. The minimum Gasteiger partial charge on any atom is -0.465 e. The first-order valence-electron chi connectivity index (χ1n) is 16.8. The van der Waals surface area contributed by atoms with E-state index >= 15 is 0 Å². The van der Waals surface area contributed by atoms with Crippen LogP contribution in [0.4, 0.5) is 0 Å². The fourth-order valence-corrected chi connectivity index (χ4v) is 5.59. The first-order chi connectivity index (χ1) is 21.8. The minimum atomic E-state index is -0.848. The molecular weight excluding hydrogens is 572 g/mol. The van der Waals surface area contributed by atoms with Crippen molar-refractivity contribution in [1.82, 2.24) is 0 Å². The number of rotatable bonds is 14. The molecule has 0 saturated heterocycles. The maximum Gasteiger partial charge on any atom is 0.307 e. The summed E-state index contributed by atoms with van der Waals surface area (Å²) < 4.78 is 11.0. The lowest BCUT2D eigenvalue weighted by atomic mass is 9.71. The van der Waals surface area contributed by atoms with Gasteiger partial charge < -0.3 is 9.47 Å². The van der Waals surface area contributed by atoms with Gasteiger partial charge in [0, 0.05) is 6.42 Å². The zero-order valence-electron chi connectivity index (χ0n) is 29.5. The maximum atomic E-state index is 13.2. The van der Waals surface area contributed by atoms with Gasteiger partial charge in [-0.15, -0.1) is 0 Å². The molecule has 0 aliphatic heterocycles. The first-order valence-corrected chi connectivity index (χ1v) is 16.8. The van der Waals surface area contributed by atoms with Crippen molar-refractivity contribution in [1.29, 1.82) is 0 Å². The van der Waals surface area contributed by atoms with Gasteiger partial charge in [0.05, 0.1) is 19.4 Å². The number of Topliss-reactive ketones (excluding diaryl/α,β-unsaturated/α-hetero) is 1. The van der Waals surface area contributed by atoms with Crippen LogP contribution < -0.4 is 0 Å². The Balaban J connectivity index is 1.91. The Kier molecular flexibility index (Phi) is 16.5. The fourth-order valence-electron chi connectivity index (χ4n) is 5.59. The number of ketones is 1. The van der Waals surface area contributed by atoms with Crippen LogP contribution >= 0.6 is 0 Å². The summed E-state index contributed by atoms with van der Waals surface area (Å²) >= 11 is 0. The van der Waals surface area contributed by atoms with Crippen LogP contribution in [0.5, 0.6) is 0 Å². The van der Waals surface area contributed by atoms with Crippen molar-refractivity contribution in [2.24, 2.45) is 11.3 Å². The van der Waals surface area contributed by atoms with Gasteiger partial charge in [0.15, 0.2) is 11.9 Å². The number of ether oxygens (including phenoxy) is 2. The SMILES string of the molecule is CC(C)=C/C=C/C(C)=C/C=C/C=C(C)/C=C/C=C(C)/C=C/C1=C(C)C(=O)C(OC(=O)CCC(=O)OCC2CCCCC2)CC1(C)C. The molecule has 5 nitrogen and oxygen atoms in total. The molecule has 0 amide bonds. The largest absolute Gasteiger partial charge is 0.465 e. The lowest BCUT2D eigenvalue weighted by Gasteiger charge is -2.36. The average molecular weight is 629 g/mol. The first kappa shape index (κ1) is 38.5. The molecule has 0 bridgehead atoms. The lowest BCUT2D eigenvalue weighted by Crippen LogP contribution is -2.39. The molecule has 250 valence electrons. The molecule has 1 fully saturated rings. The summed E-state index contributed by atoms with van der Waals surface area (Å²) in [5.74, 6) is -0.682. The van der Waals surface area contributed by atoms with Crippen LogP contribution in [0, 0.1) is 11.3 Å².